The first-order valence-corrected chi connectivity index (χ1v) is 13.9. The first-order chi connectivity index (χ1) is 18.2. The number of thioether (sulfide) groups is 1. The summed E-state index contributed by atoms with van der Waals surface area (Å²) in [5.41, 5.74) is 2.58. The third kappa shape index (κ3) is 5.61. The highest BCUT2D eigenvalue weighted by Crippen LogP contribution is 2.59. The molecule has 0 atom stereocenters. The van der Waals surface area contributed by atoms with Crippen LogP contribution in [-0.4, -0.2) is 42.4 Å². The van der Waals surface area contributed by atoms with Crippen LogP contribution in [0.25, 0.3) is 11.4 Å². The molecule has 0 spiro atoms. The number of aromatic amines is 1. The maximum absolute atomic E-state index is 12.3. The van der Waals surface area contributed by atoms with E-state index in [2.05, 4.69) is 26.6 Å². The van der Waals surface area contributed by atoms with E-state index in [1.807, 2.05) is 60.4 Å². The summed E-state index contributed by atoms with van der Waals surface area (Å²) in [5.74, 6) is 2.10. The van der Waals surface area contributed by atoms with E-state index in [-0.39, 0.29) is 4.75 Å². The van der Waals surface area contributed by atoms with Gasteiger partial charge in [-0.2, -0.15) is 4.98 Å². The maximum Gasteiger partial charge on any atom is 0.417 e. The lowest BCUT2D eigenvalue weighted by Crippen LogP contribution is -2.37. The molecule has 1 saturated carbocycles. The summed E-state index contributed by atoms with van der Waals surface area (Å²) in [6.07, 6.45) is 3.59. The fraction of sp³-hybridized carbons (Fsp3) is 0.259. The third-order valence-corrected chi connectivity index (χ3v) is 8.75. The number of ether oxygens (including phenoxy) is 2. The molecule has 1 aliphatic carbocycles. The zero-order chi connectivity index (χ0) is 25.1. The number of amides is 1. The molecular formula is C27H26N5O3S2+. The Kier molecular flexibility index (Phi) is 6.77. The average molecular weight is 533 g/mol. The van der Waals surface area contributed by atoms with E-state index in [1.165, 1.54) is 4.34 Å². The van der Waals surface area contributed by atoms with E-state index in [0.717, 1.165) is 43.0 Å². The second-order valence-corrected chi connectivity index (χ2v) is 11.5. The second-order valence-electron chi connectivity index (χ2n) is 8.89. The molecule has 1 aliphatic heterocycles. The van der Waals surface area contributed by atoms with Crippen LogP contribution in [0.5, 0.6) is 5.75 Å². The second kappa shape index (κ2) is 10.5. The topological polar surface area (TPSA) is 90.7 Å². The highest BCUT2D eigenvalue weighted by Gasteiger charge is 2.49. The molecule has 188 valence electrons. The number of carbonyl (C=O) groups excluding carboxylic acids is 1. The van der Waals surface area contributed by atoms with Gasteiger partial charge in [-0.15, -0.1) is 0 Å². The van der Waals surface area contributed by atoms with Gasteiger partial charge in [0.1, 0.15) is 11.6 Å². The van der Waals surface area contributed by atoms with Crippen LogP contribution >= 0.6 is 23.1 Å². The number of morpholine rings is 1. The fourth-order valence-electron chi connectivity index (χ4n) is 4.18. The Hall–Kier alpha value is -3.47. The third-order valence-electron chi connectivity index (χ3n) is 6.29. The van der Waals surface area contributed by atoms with Crippen molar-refractivity contribution in [2.24, 2.45) is 0 Å². The van der Waals surface area contributed by atoms with Crippen molar-refractivity contribution in [3.05, 3.63) is 77.9 Å². The predicted molar refractivity (Wildman–Crippen MR) is 144 cm³/mol. The minimum Gasteiger partial charge on any atom is -0.410 e. The normalized spacial score (nSPS) is 16.3. The summed E-state index contributed by atoms with van der Waals surface area (Å²) >= 11 is 3.57. The molecule has 2 aromatic heterocycles. The Balaban J connectivity index is 1.25. The SMILES string of the molecule is O=C(Nc1ccc(-c2nc(N3CCOCC3)cc(C3(Sc4[nH+]ccs4)CC3)n2)cc1)Oc1ccccc1. The molecular weight excluding hydrogens is 506 g/mol. The van der Waals surface area contributed by atoms with Gasteiger partial charge in [0.05, 0.1) is 29.0 Å². The quantitative estimate of drug-likeness (QED) is 0.348. The molecule has 0 bridgehead atoms. The minimum atomic E-state index is -0.537. The van der Waals surface area contributed by atoms with Crippen molar-refractivity contribution in [3.8, 4) is 17.1 Å². The summed E-state index contributed by atoms with van der Waals surface area (Å²) < 4.78 is 12.0. The number of anilines is 2. The molecule has 1 saturated heterocycles. The molecule has 3 heterocycles. The van der Waals surface area contributed by atoms with E-state index in [4.69, 9.17) is 19.4 Å². The molecule has 1 amide bonds. The predicted octanol–water partition coefficient (Wildman–Crippen LogP) is 5.25. The number of aromatic nitrogens is 3. The van der Waals surface area contributed by atoms with Crippen LogP contribution in [0, 0.1) is 0 Å². The van der Waals surface area contributed by atoms with Crippen LogP contribution in [-0.2, 0) is 9.48 Å². The molecule has 8 nitrogen and oxygen atoms in total. The van der Waals surface area contributed by atoms with Gasteiger partial charge in [0.15, 0.2) is 12.0 Å². The van der Waals surface area contributed by atoms with E-state index in [9.17, 15) is 4.79 Å². The Morgan fingerprint density at radius 2 is 1.86 bits per heavy atom. The molecule has 2 fully saturated rings. The monoisotopic (exact) mass is 532 g/mol. The van der Waals surface area contributed by atoms with Crippen molar-refractivity contribution < 1.29 is 19.3 Å². The molecule has 2 aromatic carbocycles. The van der Waals surface area contributed by atoms with Crippen LogP contribution in [0.3, 0.4) is 0 Å². The Morgan fingerprint density at radius 1 is 1.08 bits per heavy atom. The first-order valence-electron chi connectivity index (χ1n) is 12.2. The number of nitrogens with zero attached hydrogens (tertiary/aromatic N) is 3. The number of hydrogen-bond acceptors (Lipinski definition) is 8. The van der Waals surface area contributed by atoms with Gasteiger partial charge in [0.2, 0.25) is 0 Å². The fourth-order valence-corrected chi connectivity index (χ4v) is 6.41. The smallest absolute Gasteiger partial charge is 0.410 e. The zero-order valence-corrected chi connectivity index (χ0v) is 21.7. The Morgan fingerprint density at radius 3 is 2.57 bits per heavy atom. The van der Waals surface area contributed by atoms with Gasteiger partial charge >= 0.3 is 6.09 Å². The van der Waals surface area contributed by atoms with Crippen LogP contribution < -0.4 is 19.9 Å². The average Bonchev–Trinajstić information content (AvgIpc) is 3.54. The highest BCUT2D eigenvalue weighted by atomic mass is 32.2. The van der Waals surface area contributed by atoms with E-state index >= 15 is 0 Å². The Labute approximate surface area is 223 Å². The van der Waals surface area contributed by atoms with Crippen molar-refractivity contribution >= 4 is 40.7 Å². The highest BCUT2D eigenvalue weighted by molar-refractivity contribution is 8.02. The summed E-state index contributed by atoms with van der Waals surface area (Å²) in [6, 6.07) is 18.7. The van der Waals surface area contributed by atoms with Crippen LogP contribution in [0.2, 0.25) is 0 Å². The number of thiazole rings is 1. The van der Waals surface area contributed by atoms with Gasteiger partial charge in [0.25, 0.3) is 4.34 Å². The van der Waals surface area contributed by atoms with Gasteiger partial charge in [-0.05, 0) is 61.0 Å². The standard InChI is InChI=1S/C27H25N5O3S2/c33-25(35-21-4-2-1-3-5-21)29-20-8-6-19(7-9-20)24-30-22(18-23(31-24)32-13-15-34-16-14-32)27(10-11-27)37-26-28-12-17-36-26/h1-9,12,17-18H,10-11,13-16H2,(H,29,33)/p+1. The molecule has 0 unspecified atom stereocenters. The van der Waals surface area contributed by atoms with Crippen molar-refractivity contribution in [1.29, 1.82) is 0 Å². The molecule has 0 radical (unpaired) electrons. The van der Waals surface area contributed by atoms with E-state index in [0.29, 0.717) is 30.5 Å². The van der Waals surface area contributed by atoms with E-state index in [1.54, 1.807) is 23.5 Å². The van der Waals surface area contributed by atoms with E-state index < -0.39 is 6.09 Å². The Bertz CT molecular complexity index is 1360. The molecule has 6 rings (SSSR count). The number of para-hydroxylation sites is 1. The van der Waals surface area contributed by atoms with Crippen molar-refractivity contribution in [2.45, 2.75) is 21.9 Å². The van der Waals surface area contributed by atoms with Crippen molar-refractivity contribution in [3.63, 3.8) is 0 Å². The lowest BCUT2D eigenvalue weighted by atomic mass is 10.1. The van der Waals surface area contributed by atoms with Crippen LogP contribution in [0.1, 0.15) is 18.5 Å². The number of H-pyrrole nitrogens is 1. The lowest BCUT2D eigenvalue weighted by molar-refractivity contribution is -0.416. The molecule has 37 heavy (non-hydrogen) atoms. The van der Waals surface area contributed by atoms with Crippen LogP contribution in [0.15, 0.2) is 76.6 Å². The molecule has 4 aromatic rings. The number of hydrogen-bond donors (Lipinski definition) is 1. The first kappa shape index (κ1) is 23.9. The number of carbonyl (C=O) groups is 1. The van der Waals surface area contributed by atoms with Gasteiger partial charge in [-0.25, -0.2) is 14.8 Å². The number of nitrogens with one attached hydrogen (secondary N) is 2. The summed E-state index contributed by atoms with van der Waals surface area (Å²) in [7, 11) is 0. The molecule has 2 aliphatic rings. The number of rotatable bonds is 7. The van der Waals surface area contributed by atoms with Gasteiger partial charge in [-0.3, -0.25) is 5.32 Å². The van der Waals surface area contributed by atoms with Crippen molar-refractivity contribution in [1.82, 2.24) is 9.97 Å². The summed E-state index contributed by atoms with van der Waals surface area (Å²) in [4.78, 5) is 27.9. The molecule has 10 heteroatoms. The largest absolute Gasteiger partial charge is 0.417 e. The summed E-state index contributed by atoms with van der Waals surface area (Å²) in [5, 5.41) is 4.84. The van der Waals surface area contributed by atoms with Gasteiger partial charge in [-0.1, -0.05) is 29.5 Å². The summed E-state index contributed by atoms with van der Waals surface area (Å²) in [6.45, 7) is 3.00. The van der Waals surface area contributed by atoms with Gasteiger partial charge < -0.3 is 14.4 Å². The lowest BCUT2D eigenvalue weighted by Gasteiger charge is -2.28. The zero-order valence-electron chi connectivity index (χ0n) is 20.1. The minimum absolute atomic E-state index is 0.0389. The molecule has 2 N–H and O–H groups in total. The van der Waals surface area contributed by atoms with Crippen LogP contribution in [0.4, 0.5) is 16.3 Å². The maximum atomic E-state index is 12.3. The van der Waals surface area contributed by atoms with Gasteiger partial charge in [0, 0.05) is 30.4 Å². The number of benzene rings is 2. The van der Waals surface area contributed by atoms with Crippen molar-refractivity contribution in [2.75, 3.05) is 36.5 Å².